The SMILES string of the molecule is C.C#CC#CC#C.C=CC1CCCCC1.C=C[C@H](CC)N1C(=O)c2ccccc2C1=O.CC(C)([CH]=[Mo]=[N]C12CC3CC(CC(C3)C1)C2)c1ccccc1.CC[C@@H](/C=C\C1CCCCC1)N1C(=O)c2ccccc2C1=O.Cc1c(Br)cc2c(c1-c1c(O)c(Br)cc3c1CCCC3)CCCC2.Cc1ccc(C)[n-]1.[HH].[HH]. The molecule has 6 aromatic rings. The fourth-order valence-electron chi connectivity index (χ4n) is 17.4. The number of allylic oxidation sites excluding steroid dienone is 2. The molecule has 0 unspecified atom stereocenters. The zero-order valence-corrected chi connectivity index (χ0v) is 68.4. The van der Waals surface area contributed by atoms with E-state index in [4.69, 9.17) is 16.3 Å². The van der Waals surface area contributed by atoms with E-state index in [9.17, 15) is 24.3 Å². The summed E-state index contributed by atoms with van der Waals surface area (Å²) in [5, 5.41) is 11.0. The van der Waals surface area contributed by atoms with Crippen LogP contribution in [0, 0.1) is 86.9 Å². The number of phenolic OH excluding ortho intramolecular Hbond substituents is 1. The fraction of sp³-hybridized carbons (Fsp3) is 0.457. The molecule has 1 N–H and O–H groups in total. The van der Waals surface area contributed by atoms with Crippen LogP contribution in [0.25, 0.3) is 11.1 Å². The molecule has 3 heterocycles. The summed E-state index contributed by atoms with van der Waals surface area (Å²) in [7, 11) is 0. The molecular weight excluding hydrogens is 1520 g/mol. The summed E-state index contributed by atoms with van der Waals surface area (Å²) in [4.78, 5) is 55.9. The molecule has 8 aliphatic carbocycles. The van der Waals surface area contributed by atoms with Crippen molar-refractivity contribution in [3.63, 3.8) is 0 Å². The zero-order chi connectivity index (χ0) is 75.2. The molecule has 10 aliphatic rings. The molecule has 0 spiro atoms. The number of imide groups is 2. The first-order valence-corrected chi connectivity index (χ1v) is 42.3. The van der Waals surface area contributed by atoms with Gasteiger partial charge in [0, 0.05) is 12.9 Å². The Hall–Kier alpha value is -7.32. The Morgan fingerprint density at radius 2 is 1.04 bits per heavy atom. The predicted octanol–water partition coefficient (Wildman–Crippen LogP) is 23.5. The van der Waals surface area contributed by atoms with Gasteiger partial charge in [0.25, 0.3) is 23.6 Å². The second-order valence-electron chi connectivity index (χ2n) is 30.6. The number of aryl methyl sites for hydroxylation is 4. The number of amides is 4. The van der Waals surface area contributed by atoms with Crippen LogP contribution < -0.4 is 4.98 Å². The van der Waals surface area contributed by atoms with Crippen molar-refractivity contribution in [2.45, 2.75) is 246 Å². The second-order valence-corrected chi connectivity index (χ2v) is 33.9. The van der Waals surface area contributed by atoms with Gasteiger partial charge in [-0.1, -0.05) is 150 Å². The van der Waals surface area contributed by atoms with Crippen molar-refractivity contribution < 1.29 is 45.1 Å². The molecule has 16 rings (SSSR count). The molecule has 5 aromatic carbocycles. The van der Waals surface area contributed by atoms with E-state index in [0.29, 0.717) is 45.9 Å². The largest absolute Gasteiger partial charge is 0.665 e. The molecule has 564 valence electrons. The van der Waals surface area contributed by atoms with Gasteiger partial charge in [0.05, 0.1) is 38.8 Å². The van der Waals surface area contributed by atoms with Crippen molar-refractivity contribution in [3.8, 4) is 53.4 Å². The van der Waals surface area contributed by atoms with Crippen LogP contribution in [0.1, 0.15) is 265 Å². The first-order valence-electron chi connectivity index (χ1n) is 38.7. The van der Waals surface area contributed by atoms with Crippen LogP contribution in [-0.4, -0.2) is 60.6 Å². The maximum atomic E-state index is 12.5. The number of aromatic hydroxyl groups is 1. The van der Waals surface area contributed by atoms with Crippen molar-refractivity contribution in [2.75, 3.05) is 0 Å². The standard InChI is InChI=1S/C21H22Br2O.C19H23NO2.C13H13NO2.C10H15N.C10H12.C8H14.C6H8N.C6H2.CH4.Mo.2H2/c1-12-17(22)10-13-6-2-4-8-15(13)19(12)20-16-9-5-3-7-14(16)11-18(23)21(20)24;1-2-15(13-12-14-8-4-3-5-9-14)20-18(21)16-10-6-7-11-17(16)19(20)22;1-3-9(4-2)14-12(15)10-7-5-6-8-11(10)13(14)16;11-10-4-7-1-8(5-10)3-9(2-7)6-10;1-10(2,3)9-7-5-4-6-8-9;1-2-8-6-4-3-5-7-8;1-5-3-4-6(2)7-5;1-3-5-6-4-2;;;;/h10-11,24H,2-9H2,1H3;6-7,10-15H,2-5,8-9H2,1H3;3,5-9H,1,4H2,2H3;7-9H,1-6H2;1,4-8H,2-3H3;2,8H,1,3-7H2;3-4H,1-2H3;1-2H;1H4;;2*1H/q;;;;;;-1;;;;;/b;13-12-;;;;;;;;;;/t;15-;9-;;;;;;;;;/m.01........./s1. The number of fused-ring (bicyclic) bond motifs is 4. The van der Waals surface area contributed by atoms with Gasteiger partial charge in [-0.15, -0.1) is 26.0 Å². The molecular formula is C94H117Br2MoN4O5-. The van der Waals surface area contributed by atoms with Crippen LogP contribution >= 0.6 is 31.9 Å². The molecule has 0 radical (unpaired) electrons. The van der Waals surface area contributed by atoms with E-state index in [0.717, 1.165) is 77.2 Å². The topological polar surface area (TPSA) is 121 Å². The minimum absolute atomic E-state index is 0. The van der Waals surface area contributed by atoms with Gasteiger partial charge in [0.1, 0.15) is 5.75 Å². The number of rotatable bonds is 12. The third-order valence-electron chi connectivity index (χ3n) is 22.6. The number of benzene rings is 5. The number of carbonyl (C=O) groups excluding carboxylic acids is 4. The Morgan fingerprint density at radius 1 is 0.613 bits per heavy atom. The minimum atomic E-state index is -0.353. The molecule has 4 amide bonds. The van der Waals surface area contributed by atoms with Gasteiger partial charge in [-0.05, 0) is 218 Å². The second kappa shape index (κ2) is 40.8. The molecule has 0 saturated heterocycles. The maximum Gasteiger partial charge on any atom is 0.262 e. The van der Waals surface area contributed by atoms with Crippen molar-refractivity contribution >= 4 is 59.9 Å². The molecule has 106 heavy (non-hydrogen) atoms. The molecule has 6 saturated carbocycles. The minimum Gasteiger partial charge on any atom is -0.665 e. The summed E-state index contributed by atoms with van der Waals surface area (Å²) in [6, 6.07) is 33.1. The van der Waals surface area contributed by atoms with Crippen LogP contribution in [0.4, 0.5) is 0 Å². The van der Waals surface area contributed by atoms with Gasteiger partial charge in [0.15, 0.2) is 0 Å². The summed E-state index contributed by atoms with van der Waals surface area (Å²) in [5.74, 6) is 12.8. The molecule has 2 atom stereocenters. The summed E-state index contributed by atoms with van der Waals surface area (Å²) >= 11 is 7.02. The van der Waals surface area contributed by atoms with E-state index in [1.165, 1.54) is 182 Å². The Kier molecular flexibility index (Phi) is 32.4. The third kappa shape index (κ3) is 21.5. The normalized spacial score (nSPS) is 20.5. The number of carbonyl (C=O) groups is 4. The van der Waals surface area contributed by atoms with E-state index in [1.54, 1.807) is 42.5 Å². The molecule has 2 aliphatic heterocycles. The predicted molar refractivity (Wildman–Crippen MR) is 446 cm³/mol. The average Bonchev–Trinajstić information content (AvgIpc) is 1.18. The van der Waals surface area contributed by atoms with Crippen molar-refractivity contribution in [3.05, 3.63) is 217 Å². The first kappa shape index (κ1) is 84.3. The number of aromatic nitrogens is 1. The van der Waals surface area contributed by atoms with Crippen LogP contribution in [0.15, 0.2) is 153 Å². The molecule has 6 fully saturated rings. The Morgan fingerprint density at radius 3 is 1.45 bits per heavy atom. The van der Waals surface area contributed by atoms with Crippen LogP contribution in [0.5, 0.6) is 5.75 Å². The van der Waals surface area contributed by atoms with Crippen LogP contribution in [0.2, 0.25) is 0 Å². The molecule has 4 bridgehead atoms. The van der Waals surface area contributed by atoms with Gasteiger partial charge >= 0.3 is 143 Å². The van der Waals surface area contributed by atoms with E-state index < -0.39 is 0 Å². The van der Waals surface area contributed by atoms with Crippen molar-refractivity contribution in [1.82, 2.24) is 14.8 Å². The van der Waals surface area contributed by atoms with Gasteiger partial charge in [-0.25, -0.2) is 0 Å². The Balaban J connectivity index is 0.000000206. The fourth-order valence-corrected chi connectivity index (χ4v) is 20.5. The van der Waals surface area contributed by atoms with Gasteiger partial charge in [0.2, 0.25) is 0 Å². The summed E-state index contributed by atoms with van der Waals surface area (Å²) in [5.41, 5.74) is 15.6. The van der Waals surface area contributed by atoms with Crippen LogP contribution in [-0.2, 0) is 49.0 Å². The zero-order valence-electron chi connectivity index (χ0n) is 63.2. The summed E-state index contributed by atoms with van der Waals surface area (Å²) in [6.07, 6.45) is 50.7. The number of terminal acetylenes is 2. The van der Waals surface area contributed by atoms with E-state index in [1.807, 2.05) is 52.0 Å². The number of hydrogen-bond donors (Lipinski definition) is 1. The van der Waals surface area contributed by atoms with Gasteiger partial charge < -0.3 is 10.1 Å². The van der Waals surface area contributed by atoms with Crippen molar-refractivity contribution in [1.29, 1.82) is 0 Å². The number of phenols is 1. The number of nitrogens with zero attached hydrogens (tertiary/aromatic N) is 4. The van der Waals surface area contributed by atoms with Gasteiger partial charge in [-0.2, -0.15) is 11.4 Å². The maximum absolute atomic E-state index is 12.5. The van der Waals surface area contributed by atoms with Gasteiger partial charge in [-0.3, -0.25) is 29.0 Å². The first-order chi connectivity index (χ1) is 50.7. The smallest absolute Gasteiger partial charge is 0.262 e. The van der Waals surface area contributed by atoms with E-state index in [-0.39, 0.29) is 69.3 Å². The molecule has 1 aromatic heterocycles. The van der Waals surface area contributed by atoms with Crippen LogP contribution in [0.3, 0.4) is 0 Å². The van der Waals surface area contributed by atoms with Crippen molar-refractivity contribution in [2.24, 2.45) is 33.1 Å². The summed E-state index contributed by atoms with van der Waals surface area (Å²) in [6.45, 7) is 22.3. The Labute approximate surface area is 663 Å². The summed E-state index contributed by atoms with van der Waals surface area (Å²) < 4.78 is 9.97. The van der Waals surface area contributed by atoms with E-state index in [2.05, 4.69) is 160 Å². The quantitative estimate of drug-likeness (QED) is 0.0564. The molecule has 12 heteroatoms. The average molecular weight is 1640 g/mol. The number of hydrogen-bond acceptors (Lipinski definition) is 6. The monoisotopic (exact) mass is 1640 g/mol. The Bertz CT molecular complexity index is 4110. The molecule has 9 nitrogen and oxygen atoms in total. The number of halogens is 2. The van der Waals surface area contributed by atoms with E-state index >= 15 is 0 Å². The third-order valence-corrected chi connectivity index (χ3v) is 26.9.